The fraction of sp³-hybridized carbons (Fsp3) is 0.444. The van der Waals surface area contributed by atoms with Gasteiger partial charge in [0.25, 0.3) is 5.91 Å². The molecular formula is C18H24ClN3O2. The van der Waals surface area contributed by atoms with Gasteiger partial charge in [0.2, 0.25) is 11.7 Å². The van der Waals surface area contributed by atoms with Gasteiger partial charge in [0.05, 0.1) is 5.69 Å². The molecule has 0 bridgehead atoms. The molecule has 5 nitrogen and oxygen atoms in total. The molecule has 1 fully saturated rings. The zero-order valence-electron chi connectivity index (χ0n) is 14.1. The Balaban J connectivity index is 0.00000208. The number of carbonyl (C=O) groups excluding carboxylic acids is 1. The van der Waals surface area contributed by atoms with Crippen LogP contribution in [0.5, 0.6) is 0 Å². The maximum absolute atomic E-state index is 12.7. The van der Waals surface area contributed by atoms with Crippen LogP contribution < -0.4 is 5.32 Å². The molecule has 0 aliphatic carbocycles. The number of halogens is 1. The van der Waals surface area contributed by atoms with Crippen LogP contribution in [0.3, 0.4) is 0 Å². The average molecular weight is 350 g/mol. The molecule has 2 aromatic rings. The number of aromatic nitrogens is 1. The summed E-state index contributed by atoms with van der Waals surface area (Å²) in [6.07, 6.45) is 2.07. The Morgan fingerprint density at radius 3 is 2.58 bits per heavy atom. The molecule has 0 saturated carbocycles. The van der Waals surface area contributed by atoms with E-state index in [1.165, 1.54) is 0 Å². The van der Waals surface area contributed by atoms with Crippen LogP contribution in [0.4, 0.5) is 0 Å². The van der Waals surface area contributed by atoms with Gasteiger partial charge in [-0.1, -0.05) is 18.2 Å². The number of rotatable bonds is 4. The smallest absolute Gasteiger partial charge is 0.291 e. The fourth-order valence-corrected chi connectivity index (χ4v) is 3.07. The van der Waals surface area contributed by atoms with E-state index in [4.69, 9.17) is 4.42 Å². The number of hydrogen-bond acceptors (Lipinski definition) is 4. The lowest BCUT2D eigenvalue weighted by atomic mass is 9.96. The molecule has 1 aliphatic heterocycles. The van der Waals surface area contributed by atoms with Crippen LogP contribution in [0.2, 0.25) is 0 Å². The topological polar surface area (TPSA) is 58.4 Å². The van der Waals surface area contributed by atoms with Crippen LogP contribution in [0, 0.1) is 12.8 Å². The van der Waals surface area contributed by atoms with E-state index in [9.17, 15) is 4.79 Å². The number of nitrogens with zero attached hydrogens (tertiary/aromatic N) is 2. The summed E-state index contributed by atoms with van der Waals surface area (Å²) in [7, 11) is 1.97. The van der Waals surface area contributed by atoms with Crippen LogP contribution in [-0.2, 0) is 0 Å². The van der Waals surface area contributed by atoms with E-state index in [2.05, 4.69) is 10.3 Å². The molecule has 0 spiro atoms. The highest BCUT2D eigenvalue weighted by Crippen LogP contribution is 2.24. The van der Waals surface area contributed by atoms with Gasteiger partial charge in [-0.25, -0.2) is 4.98 Å². The first-order chi connectivity index (χ1) is 11.2. The molecule has 1 aromatic heterocycles. The van der Waals surface area contributed by atoms with Crippen LogP contribution in [0.15, 0.2) is 34.7 Å². The van der Waals surface area contributed by atoms with Crippen molar-refractivity contribution in [3.05, 3.63) is 41.8 Å². The van der Waals surface area contributed by atoms with E-state index < -0.39 is 0 Å². The van der Waals surface area contributed by atoms with Crippen molar-refractivity contribution in [1.29, 1.82) is 0 Å². The predicted molar refractivity (Wildman–Crippen MR) is 96.5 cm³/mol. The lowest BCUT2D eigenvalue weighted by Gasteiger charge is -2.31. The van der Waals surface area contributed by atoms with Crippen molar-refractivity contribution in [3.63, 3.8) is 0 Å². The molecule has 1 amide bonds. The molecule has 0 atom stereocenters. The largest absolute Gasteiger partial charge is 0.431 e. The van der Waals surface area contributed by atoms with E-state index in [-0.39, 0.29) is 18.3 Å². The van der Waals surface area contributed by atoms with E-state index in [1.54, 1.807) is 0 Å². The van der Waals surface area contributed by atoms with Crippen molar-refractivity contribution in [2.45, 2.75) is 19.8 Å². The van der Waals surface area contributed by atoms with E-state index in [0.717, 1.165) is 38.0 Å². The lowest BCUT2D eigenvalue weighted by molar-refractivity contribution is 0.0659. The summed E-state index contributed by atoms with van der Waals surface area (Å²) in [5.41, 5.74) is 1.55. The fourth-order valence-electron chi connectivity index (χ4n) is 3.07. The summed E-state index contributed by atoms with van der Waals surface area (Å²) in [6, 6.07) is 9.68. The highest BCUT2D eigenvalue weighted by molar-refractivity contribution is 5.93. The van der Waals surface area contributed by atoms with Crippen LogP contribution in [0.1, 0.15) is 29.1 Å². The zero-order chi connectivity index (χ0) is 16.2. The van der Waals surface area contributed by atoms with Crippen molar-refractivity contribution in [2.75, 3.05) is 26.7 Å². The molecule has 1 aromatic carbocycles. The molecule has 130 valence electrons. The van der Waals surface area contributed by atoms with Crippen molar-refractivity contribution in [2.24, 2.45) is 5.92 Å². The number of oxazole rings is 1. The SMILES string of the molecule is CNCC1CCN(C(=O)c2oc(-c3ccccc3)nc2C)CC1.Cl. The average Bonchev–Trinajstić information content (AvgIpc) is 2.98. The van der Waals surface area contributed by atoms with Gasteiger partial charge in [-0.2, -0.15) is 0 Å². The molecule has 1 saturated heterocycles. The van der Waals surface area contributed by atoms with Gasteiger partial charge in [0.1, 0.15) is 0 Å². The first-order valence-electron chi connectivity index (χ1n) is 8.15. The predicted octanol–water partition coefficient (Wildman–Crippen LogP) is 3.14. The molecule has 0 radical (unpaired) electrons. The third-order valence-corrected chi connectivity index (χ3v) is 4.41. The van der Waals surface area contributed by atoms with Crippen LogP contribution >= 0.6 is 12.4 Å². The van der Waals surface area contributed by atoms with Gasteiger partial charge in [0, 0.05) is 18.7 Å². The highest BCUT2D eigenvalue weighted by Gasteiger charge is 2.27. The van der Waals surface area contributed by atoms with Gasteiger partial charge >= 0.3 is 0 Å². The monoisotopic (exact) mass is 349 g/mol. The quantitative estimate of drug-likeness (QED) is 0.921. The number of hydrogen-bond donors (Lipinski definition) is 1. The second kappa shape index (κ2) is 8.31. The van der Waals surface area contributed by atoms with Gasteiger partial charge in [-0.3, -0.25) is 4.79 Å². The van der Waals surface area contributed by atoms with Crippen LogP contribution in [0.25, 0.3) is 11.5 Å². The first kappa shape index (κ1) is 18.5. The van der Waals surface area contributed by atoms with E-state index in [1.807, 2.05) is 49.2 Å². The zero-order valence-corrected chi connectivity index (χ0v) is 14.9. The minimum Gasteiger partial charge on any atom is -0.431 e. The summed E-state index contributed by atoms with van der Waals surface area (Å²) in [5.74, 6) is 1.49. The third-order valence-electron chi connectivity index (χ3n) is 4.41. The van der Waals surface area contributed by atoms with E-state index in [0.29, 0.717) is 23.3 Å². The summed E-state index contributed by atoms with van der Waals surface area (Å²) < 4.78 is 5.78. The third kappa shape index (κ3) is 3.97. The molecule has 1 aliphatic rings. The molecule has 3 rings (SSSR count). The maximum atomic E-state index is 12.7. The Labute approximate surface area is 148 Å². The Bertz CT molecular complexity index is 664. The highest BCUT2D eigenvalue weighted by atomic mass is 35.5. The summed E-state index contributed by atoms with van der Waals surface area (Å²) in [5, 5.41) is 3.21. The minimum atomic E-state index is -0.0416. The number of piperidine rings is 1. The number of carbonyl (C=O) groups is 1. The van der Waals surface area contributed by atoms with Gasteiger partial charge < -0.3 is 14.6 Å². The normalized spacial score (nSPS) is 15.2. The Kier molecular flexibility index (Phi) is 6.40. The lowest BCUT2D eigenvalue weighted by Crippen LogP contribution is -2.40. The van der Waals surface area contributed by atoms with Crippen molar-refractivity contribution < 1.29 is 9.21 Å². The van der Waals surface area contributed by atoms with Gasteiger partial charge in [0.15, 0.2) is 0 Å². The standard InChI is InChI=1S/C18H23N3O2.ClH/c1-13-16(23-17(20-13)15-6-4-3-5-7-15)18(22)21-10-8-14(9-11-21)12-19-2;/h3-7,14,19H,8-12H2,1-2H3;1H. The summed E-state index contributed by atoms with van der Waals surface area (Å²) >= 11 is 0. The second-order valence-electron chi connectivity index (χ2n) is 6.09. The number of nitrogens with one attached hydrogen (secondary N) is 1. The molecule has 24 heavy (non-hydrogen) atoms. The molecule has 2 heterocycles. The molecule has 1 N–H and O–H groups in total. The first-order valence-corrected chi connectivity index (χ1v) is 8.15. The van der Waals surface area contributed by atoms with Crippen molar-refractivity contribution in [3.8, 4) is 11.5 Å². The van der Waals surface area contributed by atoms with Crippen molar-refractivity contribution >= 4 is 18.3 Å². The number of benzene rings is 1. The van der Waals surface area contributed by atoms with E-state index >= 15 is 0 Å². The number of likely N-dealkylation sites (tertiary alicyclic amines) is 1. The molecule has 0 unspecified atom stereocenters. The summed E-state index contributed by atoms with van der Waals surface area (Å²) in [6.45, 7) is 4.41. The Morgan fingerprint density at radius 2 is 1.96 bits per heavy atom. The number of amides is 1. The Morgan fingerprint density at radius 1 is 1.29 bits per heavy atom. The molecule has 6 heteroatoms. The summed E-state index contributed by atoms with van der Waals surface area (Å²) in [4.78, 5) is 19.0. The van der Waals surface area contributed by atoms with Crippen molar-refractivity contribution in [1.82, 2.24) is 15.2 Å². The van der Waals surface area contributed by atoms with Gasteiger partial charge in [-0.15, -0.1) is 12.4 Å². The van der Waals surface area contributed by atoms with Crippen LogP contribution in [-0.4, -0.2) is 42.5 Å². The molecular weight excluding hydrogens is 326 g/mol. The Hall–Kier alpha value is -1.85. The minimum absolute atomic E-state index is 0. The van der Waals surface area contributed by atoms with Gasteiger partial charge in [-0.05, 0) is 51.4 Å². The number of aryl methyl sites for hydroxylation is 1. The second-order valence-corrected chi connectivity index (χ2v) is 6.09. The maximum Gasteiger partial charge on any atom is 0.291 e.